The molecule has 3 heterocycles. The molecule has 8 rings (SSSR count). The molecule has 0 radical (unpaired) electrons. The van der Waals surface area contributed by atoms with E-state index >= 15 is 0 Å². The number of aliphatic hydroxyl groups is 11. The van der Waals surface area contributed by atoms with Gasteiger partial charge in [-0.3, -0.25) is 4.79 Å². The number of allylic oxidation sites excluding steroid dienone is 2. The lowest BCUT2D eigenvalue weighted by atomic mass is 9.34. The van der Waals surface area contributed by atoms with Crippen molar-refractivity contribution in [2.45, 2.75) is 191 Å². The van der Waals surface area contributed by atoms with Gasteiger partial charge in [-0.25, -0.2) is 0 Å². The van der Waals surface area contributed by atoms with Crippen LogP contribution in [0.4, 0.5) is 0 Å². The molecule has 18 nitrogen and oxygen atoms in total. The number of rotatable bonds is 9. The molecule has 5 aliphatic carbocycles. The van der Waals surface area contributed by atoms with E-state index < -0.39 is 123 Å². The molecular weight excluding hydrogens is 852 g/mol. The van der Waals surface area contributed by atoms with E-state index in [9.17, 15) is 61.0 Å². The Labute approximate surface area is 380 Å². The van der Waals surface area contributed by atoms with Gasteiger partial charge in [-0.05, 0) is 103 Å². The maximum atomic E-state index is 14.4. The maximum absolute atomic E-state index is 14.4. The van der Waals surface area contributed by atoms with Crippen molar-refractivity contribution in [3.63, 3.8) is 0 Å². The number of carbonyl (C=O) groups is 1. The second kappa shape index (κ2) is 18.1. The Bertz CT molecular complexity index is 1750. The zero-order valence-corrected chi connectivity index (χ0v) is 38.6. The van der Waals surface area contributed by atoms with Crippen LogP contribution in [0.2, 0.25) is 0 Å². The molecule has 0 aromatic carbocycles. The molecule has 7 fully saturated rings. The predicted octanol–water partition coefficient (Wildman–Crippen LogP) is -0.392. The SMILES string of the molecule is CC1(C)CC(C(=O)O[C@@H]2O[C@H](COC3O[C@H](CO)[C@@H](O)[C@H](O)[C@H]3O)[C@@H](O)[C@H](O)[C@H]2O)C2CC[C@]3(C)C(=CC[C@@H]4[C@@]5(C)CC[C@H](O[C@@H]6OC[C@H](O)[C@H](O)[C@H]6O)[C@@](C)(CO)[C@@H]5CC[C@]43C)[C@@H]2C1. The molecule has 3 saturated heterocycles. The van der Waals surface area contributed by atoms with Crippen molar-refractivity contribution in [1.82, 2.24) is 0 Å². The highest BCUT2D eigenvalue weighted by molar-refractivity contribution is 5.73. The third-order valence-electron chi connectivity index (χ3n) is 18.8. The van der Waals surface area contributed by atoms with E-state index in [0.29, 0.717) is 12.8 Å². The van der Waals surface area contributed by atoms with Gasteiger partial charge in [0.25, 0.3) is 0 Å². The average Bonchev–Trinajstić information content (AvgIpc) is 3.26. The van der Waals surface area contributed by atoms with Gasteiger partial charge in [0.1, 0.15) is 67.1 Å². The largest absolute Gasteiger partial charge is 0.432 e. The minimum Gasteiger partial charge on any atom is -0.432 e. The smallest absolute Gasteiger partial charge is 0.311 e. The Morgan fingerprint density at radius 2 is 1.35 bits per heavy atom. The molecule has 18 heteroatoms. The van der Waals surface area contributed by atoms with Crippen LogP contribution in [0.25, 0.3) is 0 Å². The fourth-order valence-electron chi connectivity index (χ4n) is 14.9. The molecular formula is C47H76O18. The summed E-state index contributed by atoms with van der Waals surface area (Å²) in [6, 6.07) is 0. The Morgan fingerprint density at radius 1 is 0.708 bits per heavy atom. The minimum atomic E-state index is -1.80. The van der Waals surface area contributed by atoms with Crippen LogP contribution in [0.1, 0.15) is 99.3 Å². The Hall–Kier alpha value is -1.43. The molecule has 11 N–H and O–H groups in total. The highest BCUT2D eigenvalue weighted by atomic mass is 16.7. The van der Waals surface area contributed by atoms with Gasteiger partial charge in [0, 0.05) is 5.41 Å². The van der Waals surface area contributed by atoms with Crippen LogP contribution >= 0.6 is 0 Å². The predicted molar refractivity (Wildman–Crippen MR) is 226 cm³/mol. The number of hydrogen-bond acceptors (Lipinski definition) is 18. The summed E-state index contributed by atoms with van der Waals surface area (Å²) in [7, 11) is 0. The second-order valence-corrected chi connectivity index (χ2v) is 22.8. The van der Waals surface area contributed by atoms with E-state index in [0.717, 1.165) is 44.9 Å². The minimum absolute atomic E-state index is 0.0641. The number of ether oxygens (including phenoxy) is 6. The third kappa shape index (κ3) is 8.18. The first-order chi connectivity index (χ1) is 30.5. The lowest BCUT2D eigenvalue weighted by molar-refractivity contribution is -0.327. The maximum Gasteiger partial charge on any atom is 0.311 e. The van der Waals surface area contributed by atoms with E-state index in [2.05, 4.69) is 47.6 Å². The van der Waals surface area contributed by atoms with Crippen LogP contribution in [0, 0.1) is 56.7 Å². The van der Waals surface area contributed by atoms with Crippen molar-refractivity contribution in [3.8, 4) is 0 Å². The summed E-state index contributed by atoms with van der Waals surface area (Å²) in [4.78, 5) is 14.4. The zero-order chi connectivity index (χ0) is 47.3. The van der Waals surface area contributed by atoms with Gasteiger partial charge in [0.15, 0.2) is 12.6 Å². The molecule has 372 valence electrons. The van der Waals surface area contributed by atoms with E-state index in [1.807, 2.05) is 0 Å². The van der Waals surface area contributed by atoms with Crippen LogP contribution in [0.5, 0.6) is 0 Å². The van der Waals surface area contributed by atoms with Gasteiger partial charge >= 0.3 is 5.97 Å². The topological polar surface area (TPSA) is 295 Å². The molecule has 0 amide bonds. The van der Waals surface area contributed by atoms with Crippen molar-refractivity contribution in [2.75, 3.05) is 26.4 Å². The standard InChI is InChI=1S/C47H76O18/c1-43(2)15-22-21(23(16-43)39(59)65-42-38(58)35(55)33(53)27(63-42)19-61-40-37(57)34(54)32(52)26(17-48)62-40)9-13-46(5)24(22)7-8-29-44(3)12-11-30(64-41-36(56)31(51)25(50)18-60-41)45(4,20-49)28(44)10-14-47(29,46)6/h7,21-23,25-38,40-42,48-58H,8-20H2,1-6H3/t21?,22-,23?,25+,26-,27-,28-,29-,30+,31+,32-,33-,34+,35+,36-,37-,38-,40?,41+,42+,44+,45+,46-,47-/m1/s1. The molecule has 3 aliphatic heterocycles. The molecule has 0 aromatic heterocycles. The Balaban J connectivity index is 0.980. The van der Waals surface area contributed by atoms with Crippen LogP contribution in [0.15, 0.2) is 11.6 Å². The molecule has 4 saturated carbocycles. The Kier molecular flexibility index (Phi) is 13.9. The van der Waals surface area contributed by atoms with E-state index in [1.54, 1.807) is 0 Å². The molecule has 0 spiro atoms. The zero-order valence-electron chi connectivity index (χ0n) is 38.6. The quantitative estimate of drug-likeness (QED) is 0.0797. The average molecular weight is 929 g/mol. The summed E-state index contributed by atoms with van der Waals surface area (Å²) in [5, 5.41) is 115. The van der Waals surface area contributed by atoms with Crippen molar-refractivity contribution >= 4 is 5.97 Å². The van der Waals surface area contributed by atoms with Gasteiger partial charge in [-0.2, -0.15) is 0 Å². The van der Waals surface area contributed by atoms with Crippen molar-refractivity contribution in [2.24, 2.45) is 56.7 Å². The number of esters is 1. The first-order valence-corrected chi connectivity index (χ1v) is 23.9. The number of carbonyl (C=O) groups excluding carboxylic acids is 1. The fraction of sp³-hybridized carbons (Fsp3) is 0.936. The van der Waals surface area contributed by atoms with Crippen LogP contribution in [-0.2, 0) is 33.2 Å². The molecule has 3 unspecified atom stereocenters. The summed E-state index contributed by atoms with van der Waals surface area (Å²) >= 11 is 0. The summed E-state index contributed by atoms with van der Waals surface area (Å²) in [5.74, 6) is -0.762. The molecule has 0 bridgehead atoms. The van der Waals surface area contributed by atoms with Crippen molar-refractivity contribution in [3.05, 3.63) is 11.6 Å². The van der Waals surface area contributed by atoms with Gasteiger partial charge in [-0.1, -0.05) is 53.2 Å². The van der Waals surface area contributed by atoms with Gasteiger partial charge < -0.3 is 84.6 Å². The van der Waals surface area contributed by atoms with Gasteiger partial charge in [-0.15, -0.1) is 0 Å². The monoisotopic (exact) mass is 929 g/mol. The van der Waals surface area contributed by atoms with Crippen molar-refractivity contribution in [1.29, 1.82) is 0 Å². The van der Waals surface area contributed by atoms with E-state index in [1.165, 1.54) is 5.57 Å². The summed E-state index contributed by atoms with van der Waals surface area (Å²) in [6.07, 6.45) is -12.2. The number of hydrogen-bond donors (Lipinski definition) is 11. The molecule has 65 heavy (non-hydrogen) atoms. The van der Waals surface area contributed by atoms with E-state index in [4.69, 9.17) is 28.4 Å². The second-order valence-electron chi connectivity index (χ2n) is 22.8. The van der Waals surface area contributed by atoms with Crippen molar-refractivity contribution < 1.29 is 89.4 Å². The number of aliphatic hydroxyl groups excluding tert-OH is 11. The Morgan fingerprint density at radius 3 is 2.03 bits per heavy atom. The van der Waals surface area contributed by atoms with Gasteiger partial charge in [0.2, 0.25) is 6.29 Å². The molecule has 8 aliphatic rings. The molecule has 24 atom stereocenters. The van der Waals surface area contributed by atoms with Crippen LogP contribution in [0.3, 0.4) is 0 Å². The van der Waals surface area contributed by atoms with Gasteiger partial charge in [0.05, 0.1) is 38.4 Å². The lowest BCUT2D eigenvalue weighted by Gasteiger charge is -2.71. The first-order valence-electron chi connectivity index (χ1n) is 23.9. The van der Waals surface area contributed by atoms with Crippen LogP contribution < -0.4 is 0 Å². The summed E-state index contributed by atoms with van der Waals surface area (Å²) < 4.78 is 34.9. The fourth-order valence-corrected chi connectivity index (χ4v) is 14.9. The first kappa shape index (κ1) is 50.0. The number of fused-ring (bicyclic) bond motifs is 7. The molecule has 0 aromatic rings. The lowest BCUT2D eigenvalue weighted by Crippen LogP contribution is -2.66. The highest BCUT2D eigenvalue weighted by Gasteiger charge is 2.69. The summed E-state index contributed by atoms with van der Waals surface area (Å²) in [6.45, 7) is 12.1. The normalized spacial score (nSPS) is 54.3. The highest BCUT2D eigenvalue weighted by Crippen LogP contribution is 2.75. The van der Waals surface area contributed by atoms with E-state index in [-0.39, 0.29) is 58.5 Å². The summed E-state index contributed by atoms with van der Waals surface area (Å²) in [5.41, 5.74) is -0.0126. The third-order valence-corrected chi connectivity index (χ3v) is 18.8. The van der Waals surface area contributed by atoms with Crippen LogP contribution in [-0.4, -0.2) is 181 Å².